The van der Waals surface area contributed by atoms with Crippen LogP contribution in [0.5, 0.6) is 0 Å². The highest BCUT2D eigenvalue weighted by Crippen LogP contribution is 2.28. The molecule has 2 aliphatic heterocycles. The third-order valence-corrected chi connectivity index (χ3v) is 4.26. The van der Waals surface area contributed by atoms with Crippen molar-refractivity contribution >= 4 is 11.4 Å². The summed E-state index contributed by atoms with van der Waals surface area (Å²) in [5.41, 5.74) is 1.48. The quantitative estimate of drug-likeness (QED) is 0.841. The number of hydrogen-bond donors (Lipinski definition) is 2. The minimum atomic E-state index is -0.0741. The first kappa shape index (κ1) is 11.0. The molecular weight excluding hydrogens is 240 g/mol. The van der Waals surface area contributed by atoms with E-state index >= 15 is 0 Å². The number of carbonyl (C=O) groups is 1. The highest BCUT2D eigenvalue weighted by Gasteiger charge is 2.39. The van der Waals surface area contributed by atoms with Crippen molar-refractivity contribution in [3.05, 3.63) is 36.4 Å². The molecule has 0 saturated carbocycles. The Bertz CT molecular complexity index is 635. The Labute approximate surface area is 111 Å². The fourth-order valence-corrected chi connectivity index (χ4v) is 3.28. The van der Waals surface area contributed by atoms with Crippen LogP contribution in [-0.4, -0.2) is 33.4 Å². The molecule has 5 heteroatoms. The number of rotatable bonds is 2. The van der Waals surface area contributed by atoms with Crippen LogP contribution in [0.25, 0.3) is 5.52 Å². The van der Waals surface area contributed by atoms with Crippen molar-refractivity contribution in [1.82, 2.24) is 20.0 Å². The Hall–Kier alpha value is -1.88. The zero-order valence-corrected chi connectivity index (χ0v) is 10.5. The number of carbonyl (C=O) groups excluding carboxylic acids is 1. The molecule has 0 spiro atoms. The Balaban J connectivity index is 1.53. The van der Waals surface area contributed by atoms with Gasteiger partial charge in [-0.1, -0.05) is 0 Å². The van der Waals surface area contributed by atoms with Crippen LogP contribution in [0.3, 0.4) is 0 Å². The smallest absolute Gasteiger partial charge is 0.271 e. The molecule has 3 atom stereocenters. The van der Waals surface area contributed by atoms with E-state index in [1.54, 1.807) is 12.4 Å². The molecule has 2 saturated heterocycles. The second kappa shape index (κ2) is 4.06. The second-order valence-corrected chi connectivity index (χ2v) is 5.48. The van der Waals surface area contributed by atoms with E-state index < -0.39 is 0 Å². The maximum absolute atomic E-state index is 12.2. The summed E-state index contributed by atoms with van der Waals surface area (Å²) in [6.07, 6.45) is 8.89. The molecule has 2 aromatic heterocycles. The maximum Gasteiger partial charge on any atom is 0.271 e. The zero-order chi connectivity index (χ0) is 12.8. The highest BCUT2D eigenvalue weighted by atomic mass is 16.2. The lowest BCUT2D eigenvalue weighted by molar-refractivity contribution is 0.0925. The van der Waals surface area contributed by atoms with Crippen molar-refractivity contribution in [2.75, 3.05) is 0 Å². The van der Waals surface area contributed by atoms with E-state index in [2.05, 4.69) is 15.6 Å². The van der Waals surface area contributed by atoms with Crippen molar-refractivity contribution in [3.63, 3.8) is 0 Å². The number of hydrogen-bond acceptors (Lipinski definition) is 3. The summed E-state index contributed by atoms with van der Waals surface area (Å²) < 4.78 is 1.92. The molecule has 2 fully saturated rings. The first-order valence-corrected chi connectivity index (χ1v) is 6.79. The molecule has 3 unspecified atom stereocenters. The van der Waals surface area contributed by atoms with Gasteiger partial charge >= 0.3 is 0 Å². The van der Waals surface area contributed by atoms with Crippen LogP contribution in [0.4, 0.5) is 0 Å². The summed E-state index contributed by atoms with van der Waals surface area (Å²) >= 11 is 0. The van der Waals surface area contributed by atoms with Crippen LogP contribution < -0.4 is 10.6 Å². The Kier molecular flexibility index (Phi) is 2.35. The lowest BCUT2D eigenvalue weighted by Gasteiger charge is -2.21. The van der Waals surface area contributed by atoms with Gasteiger partial charge < -0.3 is 15.0 Å². The van der Waals surface area contributed by atoms with Gasteiger partial charge in [-0.15, -0.1) is 0 Å². The Morgan fingerprint density at radius 3 is 3.21 bits per heavy atom. The third-order valence-electron chi connectivity index (χ3n) is 4.26. The van der Waals surface area contributed by atoms with Gasteiger partial charge in [0.2, 0.25) is 0 Å². The molecular formula is C14H16N4O. The van der Waals surface area contributed by atoms with Crippen molar-refractivity contribution in [3.8, 4) is 0 Å². The molecule has 2 aliphatic rings. The average Bonchev–Trinajstić information content (AvgIpc) is 3.13. The van der Waals surface area contributed by atoms with Crippen LogP contribution in [0.1, 0.15) is 29.8 Å². The molecule has 5 nitrogen and oxygen atoms in total. The maximum atomic E-state index is 12.2. The largest absolute Gasteiger partial charge is 0.346 e. The highest BCUT2D eigenvalue weighted by molar-refractivity contribution is 5.92. The number of nitrogens with zero attached hydrogens (tertiary/aromatic N) is 2. The molecule has 0 aliphatic carbocycles. The van der Waals surface area contributed by atoms with E-state index in [0.29, 0.717) is 17.8 Å². The van der Waals surface area contributed by atoms with E-state index in [1.165, 1.54) is 12.8 Å². The molecule has 2 bridgehead atoms. The van der Waals surface area contributed by atoms with Gasteiger partial charge in [0, 0.05) is 30.5 Å². The van der Waals surface area contributed by atoms with Gasteiger partial charge in [0.05, 0.1) is 11.7 Å². The van der Waals surface area contributed by atoms with Crippen molar-refractivity contribution in [2.45, 2.75) is 37.4 Å². The topological polar surface area (TPSA) is 58.4 Å². The molecule has 0 radical (unpaired) electrons. The second-order valence-electron chi connectivity index (χ2n) is 5.48. The number of aromatic nitrogens is 2. The molecule has 2 aromatic rings. The molecule has 98 valence electrons. The van der Waals surface area contributed by atoms with Crippen molar-refractivity contribution in [2.24, 2.45) is 0 Å². The fraction of sp³-hybridized carbons (Fsp3) is 0.429. The summed E-state index contributed by atoms with van der Waals surface area (Å²) in [5, 5.41) is 6.63. The summed E-state index contributed by atoms with van der Waals surface area (Å²) in [7, 11) is 0. The summed E-state index contributed by atoms with van der Waals surface area (Å²) in [4.78, 5) is 16.5. The fourth-order valence-electron chi connectivity index (χ4n) is 3.28. The molecule has 4 rings (SSSR count). The molecule has 1 amide bonds. The molecule has 4 heterocycles. The minimum Gasteiger partial charge on any atom is -0.346 e. The normalized spacial score (nSPS) is 28.9. The SMILES string of the molecule is O=C(NC1CC2CCC1N2)c1cn2cccc2cn1. The minimum absolute atomic E-state index is 0.0741. The molecule has 2 N–H and O–H groups in total. The van der Waals surface area contributed by atoms with Crippen LogP contribution in [-0.2, 0) is 0 Å². The van der Waals surface area contributed by atoms with Gasteiger partial charge in [-0.2, -0.15) is 0 Å². The van der Waals surface area contributed by atoms with Crippen molar-refractivity contribution < 1.29 is 4.79 Å². The average molecular weight is 256 g/mol. The number of amides is 1. The van der Waals surface area contributed by atoms with Gasteiger partial charge in [-0.25, -0.2) is 4.98 Å². The van der Waals surface area contributed by atoms with Crippen LogP contribution in [0.15, 0.2) is 30.7 Å². The van der Waals surface area contributed by atoms with E-state index in [-0.39, 0.29) is 11.9 Å². The lowest BCUT2D eigenvalue weighted by Crippen LogP contribution is -2.43. The zero-order valence-electron chi connectivity index (χ0n) is 10.5. The third kappa shape index (κ3) is 1.81. The predicted octanol–water partition coefficient (Wildman–Crippen LogP) is 0.957. The summed E-state index contributed by atoms with van der Waals surface area (Å²) in [5.74, 6) is -0.0741. The predicted molar refractivity (Wildman–Crippen MR) is 71.0 cm³/mol. The monoisotopic (exact) mass is 256 g/mol. The number of nitrogens with one attached hydrogen (secondary N) is 2. The molecule has 19 heavy (non-hydrogen) atoms. The van der Waals surface area contributed by atoms with E-state index in [9.17, 15) is 4.79 Å². The lowest BCUT2D eigenvalue weighted by atomic mass is 9.95. The van der Waals surface area contributed by atoms with Gasteiger partial charge in [0.15, 0.2) is 0 Å². The van der Waals surface area contributed by atoms with Gasteiger partial charge in [0.1, 0.15) is 5.69 Å². The van der Waals surface area contributed by atoms with Crippen LogP contribution >= 0.6 is 0 Å². The van der Waals surface area contributed by atoms with Crippen LogP contribution in [0.2, 0.25) is 0 Å². The Morgan fingerprint density at radius 2 is 2.42 bits per heavy atom. The van der Waals surface area contributed by atoms with Gasteiger partial charge in [0.25, 0.3) is 5.91 Å². The summed E-state index contributed by atoms with van der Waals surface area (Å²) in [6.45, 7) is 0. The van der Waals surface area contributed by atoms with E-state index in [4.69, 9.17) is 0 Å². The van der Waals surface area contributed by atoms with Gasteiger partial charge in [-0.05, 0) is 31.4 Å². The van der Waals surface area contributed by atoms with E-state index in [1.807, 2.05) is 22.7 Å². The first-order valence-electron chi connectivity index (χ1n) is 6.79. The summed E-state index contributed by atoms with van der Waals surface area (Å²) in [6, 6.07) is 5.21. The van der Waals surface area contributed by atoms with Crippen LogP contribution in [0, 0.1) is 0 Å². The Morgan fingerprint density at radius 1 is 1.47 bits per heavy atom. The van der Waals surface area contributed by atoms with E-state index in [0.717, 1.165) is 11.9 Å². The number of fused-ring (bicyclic) bond motifs is 3. The van der Waals surface area contributed by atoms with Gasteiger partial charge in [-0.3, -0.25) is 4.79 Å². The van der Waals surface area contributed by atoms with Crippen molar-refractivity contribution in [1.29, 1.82) is 0 Å². The molecule has 0 aromatic carbocycles. The standard InChI is InChI=1S/C14H16N4O/c19-14(17-12-6-9-3-4-11(12)16-9)13-8-18-5-1-2-10(18)7-15-13/h1-2,5,7-9,11-12,16H,3-4,6H2,(H,17,19). The first-order chi connectivity index (χ1) is 9.29.